The van der Waals surface area contributed by atoms with Gasteiger partial charge in [0.15, 0.2) is 0 Å². The Hall–Kier alpha value is -4.56. The number of halogens is 1. The summed E-state index contributed by atoms with van der Waals surface area (Å²) >= 11 is 3.42. The van der Waals surface area contributed by atoms with Gasteiger partial charge in [0.2, 0.25) is 21.8 Å². The maximum absolute atomic E-state index is 12.9. The predicted octanol–water partition coefficient (Wildman–Crippen LogP) is 8.58. The lowest BCUT2D eigenvalue weighted by atomic mass is 9.98. The predicted molar refractivity (Wildman–Crippen MR) is 243 cm³/mol. The molecule has 0 fully saturated rings. The van der Waals surface area contributed by atoms with Gasteiger partial charge in [0.1, 0.15) is 11.6 Å². The number of rotatable bonds is 6. The van der Waals surface area contributed by atoms with Crippen molar-refractivity contribution in [3.8, 4) is 0 Å². The van der Waals surface area contributed by atoms with Gasteiger partial charge in [0, 0.05) is 46.7 Å². The van der Waals surface area contributed by atoms with E-state index in [1.807, 2.05) is 49.4 Å². The van der Waals surface area contributed by atoms with E-state index in [9.17, 15) is 22.8 Å². The molecule has 11 nitrogen and oxygen atoms in total. The molecule has 13 heteroatoms. The first kappa shape index (κ1) is 48.1. The first-order valence-electron chi connectivity index (χ1n) is 20.2. The van der Waals surface area contributed by atoms with Crippen molar-refractivity contribution in [1.82, 2.24) is 20.7 Å². The summed E-state index contributed by atoms with van der Waals surface area (Å²) in [6, 6.07) is 30.2. The Labute approximate surface area is 365 Å². The van der Waals surface area contributed by atoms with Gasteiger partial charge >= 0.3 is 6.09 Å². The smallest absolute Gasteiger partial charge is 0.408 e. The summed E-state index contributed by atoms with van der Waals surface area (Å²) in [5.41, 5.74) is 5.53. The van der Waals surface area contributed by atoms with Gasteiger partial charge in [0.05, 0.1) is 11.4 Å². The second-order valence-electron chi connectivity index (χ2n) is 18.3. The Morgan fingerprint density at radius 2 is 1.32 bits per heavy atom. The van der Waals surface area contributed by atoms with Crippen LogP contribution in [0.3, 0.4) is 0 Å². The van der Waals surface area contributed by atoms with E-state index in [-0.39, 0.29) is 28.2 Å². The molecule has 60 heavy (non-hydrogen) atoms. The van der Waals surface area contributed by atoms with Gasteiger partial charge in [0.25, 0.3) is 0 Å². The van der Waals surface area contributed by atoms with Gasteiger partial charge in [-0.1, -0.05) is 83.5 Å². The molecule has 0 saturated heterocycles. The molecule has 6 rings (SSSR count). The average molecular weight is 905 g/mol. The highest BCUT2D eigenvalue weighted by Gasteiger charge is 2.29. The van der Waals surface area contributed by atoms with Crippen molar-refractivity contribution >= 4 is 49.5 Å². The minimum absolute atomic E-state index is 0.0506. The lowest BCUT2D eigenvalue weighted by Gasteiger charge is -2.24. The van der Waals surface area contributed by atoms with Crippen LogP contribution in [-0.4, -0.2) is 49.0 Å². The van der Waals surface area contributed by atoms with Crippen LogP contribution in [0.5, 0.6) is 0 Å². The summed E-state index contributed by atoms with van der Waals surface area (Å²) in [6.45, 7) is 21.1. The van der Waals surface area contributed by atoms with E-state index in [2.05, 4.69) is 87.7 Å². The van der Waals surface area contributed by atoms with Crippen molar-refractivity contribution < 1.29 is 27.5 Å². The summed E-state index contributed by atoms with van der Waals surface area (Å²) < 4.78 is 33.9. The number of ether oxygens (including phenoxy) is 1. The van der Waals surface area contributed by atoms with Crippen molar-refractivity contribution in [2.45, 2.75) is 129 Å². The summed E-state index contributed by atoms with van der Waals surface area (Å²) in [5, 5.41) is 8.88. The largest absolute Gasteiger partial charge is 0.444 e. The molecular formula is C47H62BrN5O6S. The second kappa shape index (κ2) is 20.3. The van der Waals surface area contributed by atoms with Crippen molar-refractivity contribution in [3.63, 3.8) is 0 Å². The van der Waals surface area contributed by atoms with E-state index in [1.54, 1.807) is 70.7 Å². The van der Waals surface area contributed by atoms with E-state index < -0.39 is 33.3 Å². The minimum atomic E-state index is -3.60. The number of nitrogens with one attached hydrogen (secondary N) is 4. The van der Waals surface area contributed by atoms with Crippen LogP contribution in [-0.2, 0) is 56.8 Å². The third-order valence-electron chi connectivity index (χ3n) is 9.30. The Morgan fingerprint density at radius 3 is 1.87 bits per heavy atom. The summed E-state index contributed by atoms with van der Waals surface area (Å²) in [7, 11) is -3.60. The van der Waals surface area contributed by atoms with E-state index >= 15 is 0 Å². The SMILES string of the molecule is CC(C)(C)NCc1ccc(Br)cc1.CC(C)(C)OC(=O)NC1Cc2ccccc2CNC1=O.CC1Cc2ccccc2CN(c2ccc(S(=O)(=O)NC(C)(C)C)cc2)C1=O. The van der Waals surface area contributed by atoms with E-state index in [0.717, 1.165) is 27.7 Å². The molecule has 4 N–H and O–H groups in total. The highest BCUT2D eigenvalue weighted by molar-refractivity contribution is 9.10. The lowest BCUT2D eigenvalue weighted by molar-refractivity contribution is -0.123. The molecule has 2 unspecified atom stereocenters. The fraction of sp³-hybridized carbons (Fsp3) is 0.426. The normalized spacial score (nSPS) is 16.9. The van der Waals surface area contributed by atoms with Crippen molar-refractivity contribution in [1.29, 1.82) is 0 Å². The molecule has 2 aliphatic heterocycles. The van der Waals surface area contributed by atoms with Crippen LogP contribution in [0.15, 0.2) is 106 Å². The number of alkyl carbamates (subject to hydrolysis) is 1. The van der Waals surface area contributed by atoms with Crippen molar-refractivity contribution in [2.24, 2.45) is 5.92 Å². The highest BCUT2D eigenvalue weighted by atomic mass is 79.9. The summed E-state index contributed by atoms with van der Waals surface area (Å²) in [5.74, 6) is -0.263. The number of fused-ring (bicyclic) bond motifs is 2. The fourth-order valence-electron chi connectivity index (χ4n) is 6.41. The fourth-order valence-corrected chi connectivity index (χ4v) is 8.09. The van der Waals surface area contributed by atoms with Crippen LogP contribution in [0.4, 0.5) is 10.5 Å². The van der Waals surface area contributed by atoms with E-state index in [4.69, 9.17) is 4.74 Å². The third-order valence-corrected chi connectivity index (χ3v) is 11.6. The molecule has 0 aromatic heterocycles. The summed E-state index contributed by atoms with van der Waals surface area (Å²) in [4.78, 5) is 38.6. The van der Waals surface area contributed by atoms with Crippen molar-refractivity contribution in [3.05, 3.63) is 129 Å². The first-order valence-corrected chi connectivity index (χ1v) is 22.5. The molecule has 0 spiro atoms. The molecule has 2 heterocycles. The highest BCUT2D eigenvalue weighted by Crippen LogP contribution is 2.28. The molecule has 3 amide bonds. The Kier molecular flexibility index (Phi) is 16.3. The van der Waals surface area contributed by atoms with Crippen LogP contribution >= 0.6 is 15.9 Å². The third kappa shape index (κ3) is 15.5. The van der Waals surface area contributed by atoms with Gasteiger partial charge in [-0.15, -0.1) is 0 Å². The van der Waals surface area contributed by atoms with Gasteiger partial charge in [-0.25, -0.2) is 17.9 Å². The molecule has 2 aliphatic rings. The molecule has 4 aromatic carbocycles. The van der Waals surface area contributed by atoms with Gasteiger partial charge in [-0.2, -0.15) is 0 Å². The van der Waals surface area contributed by atoms with Crippen LogP contribution < -0.4 is 25.6 Å². The topological polar surface area (TPSA) is 146 Å². The maximum Gasteiger partial charge on any atom is 0.408 e. The first-order chi connectivity index (χ1) is 27.9. The number of hydrogen-bond acceptors (Lipinski definition) is 7. The molecule has 0 aliphatic carbocycles. The number of anilines is 1. The van der Waals surface area contributed by atoms with Gasteiger partial charge in [-0.05, 0) is 133 Å². The van der Waals surface area contributed by atoms with E-state index in [1.165, 1.54) is 11.1 Å². The van der Waals surface area contributed by atoms with Crippen LogP contribution in [0.2, 0.25) is 0 Å². The number of carbonyl (C=O) groups is 3. The Bertz CT molecular complexity index is 2190. The summed E-state index contributed by atoms with van der Waals surface area (Å²) in [6.07, 6.45) is 0.617. The average Bonchev–Trinajstić information content (AvgIpc) is 3.38. The zero-order chi connectivity index (χ0) is 44.5. The number of amides is 3. The minimum Gasteiger partial charge on any atom is -0.444 e. The molecule has 0 saturated carbocycles. The molecular weight excluding hydrogens is 843 g/mol. The molecule has 2 atom stereocenters. The lowest BCUT2D eigenvalue weighted by Crippen LogP contribution is -2.48. The second-order valence-corrected chi connectivity index (χ2v) is 20.9. The Morgan fingerprint density at radius 1 is 0.767 bits per heavy atom. The van der Waals surface area contributed by atoms with Crippen LogP contribution in [0.25, 0.3) is 0 Å². The van der Waals surface area contributed by atoms with Gasteiger partial charge < -0.3 is 25.6 Å². The number of nitrogens with zero attached hydrogens (tertiary/aromatic N) is 1. The standard InChI is InChI=1S/C21H26N2O3S.C15H20N2O3.C11H16BrN/c1-15-13-16-7-5-6-8-17(16)14-23(20(15)24)18-9-11-19(12-10-18)27(25,26)22-21(2,3)4;1-15(2,3)20-14(19)17-12-8-10-6-4-5-7-11(10)9-16-13(12)18;1-11(2,3)13-8-9-4-6-10(12)7-5-9/h5-12,15,22H,13-14H2,1-4H3;4-7,12H,8-9H2,1-3H3,(H,16,18)(H,17,19);4-7,13H,8H2,1-3H3. The Balaban J connectivity index is 0.000000212. The molecule has 0 radical (unpaired) electrons. The zero-order valence-electron chi connectivity index (χ0n) is 36.6. The molecule has 324 valence electrons. The maximum atomic E-state index is 12.9. The number of sulfonamides is 1. The number of hydrogen-bond donors (Lipinski definition) is 4. The molecule has 4 aromatic rings. The quantitative estimate of drug-likeness (QED) is 0.152. The van der Waals surface area contributed by atoms with E-state index in [0.29, 0.717) is 31.6 Å². The van der Waals surface area contributed by atoms with Crippen molar-refractivity contribution in [2.75, 3.05) is 4.90 Å². The monoisotopic (exact) mass is 903 g/mol. The number of benzene rings is 4. The molecule has 0 bridgehead atoms. The number of carbonyl (C=O) groups excluding carboxylic acids is 3. The van der Waals surface area contributed by atoms with Gasteiger partial charge in [-0.3, -0.25) is 9.59 Å². The van der Waals surface area contributed by atoms with Crippen LogP contribution in [0.1, 0.15) is 97.1 Å². The zero-order valence-corrected chi connectivity index (χ0v) is 39.0. The van der Waals surface area contributed by atoms with Crippen LogP contribution in [0, 0.1) is 5.92 Å².